The van der Waals surface area contributed by atoms with Gasteiger partial charge in [0, 0.05) is 42.7 Å². The van der Waals surface area contributed by atoms with Gasteiger partial charge in [0.15, 0.2) is 0 Å². The Morgan fingerprint density at radius 1 is 1.08 bits per heavy atom. The second kappa shape index (κ2) is 9.72. The molecule has 0 atom stereocenters. The van der Waals surface area contributed by atoms with Crippen LogP contribution in [0.4, 0.5) is 16.2 Å². The molecule has 2 aromatic heterocycles. The fourth-order valence-electron chi connectivity index (χ4n) is 4.22. The minimum absolute atomic E-state index is 0.00997. The summed E-state index contributed by atoms with van der Waals surface area (Å²) in [5, 5.41) is 8.42. The van der Waals surface area contributed by atoms with Crippen LogP contribution in [-0.4, -0.2) is 46.4 Å². The van der Waals surface area contributed by atoms with Crippen LogP contribution < -0.4 is 16.0 Å². The van der Waals surface area contributed by atoms with Crippen LogP contribution in [0.25, 0.3) is 11.1 Å². The van der Waals surface area contributed by atoms with E-state index in [9.17, 15) is 14.4 Å². The first-order valence-electron chi connectivity index (χ1n) is 12.2. The fourth-order valence-corrected chi connectivity index (χ4v) is 4.22. The summed E-state index contributed by atoms with van der Waals surface area (Å²) in [6.07, 6.45) is 3.44. The fraction of sp³-hybridized carbons (Fsp3) is 0.357. The predicted octanol–water partition coefficient (Wildman–Crippen LogP) is 4.94. The van der Waals surface area contributed by atoms with Crippen molar-refractivity contribution in [3.8, 4) is 11.1 Å². The highest BCUT2D eigenvalue weighted by Crippen LogP contribution is 2.33. The number of rotatable bonds is 4. The molecule has 0 spiro atoms. The molecule has 0 unspecified atom stereocenters. The van der Waals surface area contributed by atoms with E-state index in [-0.39, 0.29) is 17.4 Å². The molecule has 1 fully saturated rings. The quantitative estimate of drug-likeness (QED) is 0.466. The Balaban J connectivity index is 1.61. The van der Waals surface area contributed by atoms with Crippen LogP contribution in [0.15, 0.2) is 53.2 Å². The molecule has 1 aromatic carbocycles. The van der Waals surface area contributed by atoms with Crippen molar-refractivity contribution in [3.63, 3.8) is 0 Å². The average Bonchev–Trinajstić information content (AvgIpc) is 3.26. The first kappa shape index (κ1) is 25.9. The predicted molar refractivity (Wildman–Crippen MR) is 143 cm³/mol. The molecule has 0 radical (unpaired) electrons. The number of carbonyl (C=O) groups is 3. The molecular weight excluding hydrogens is 470 g/mol. The number of urea groups is 1. The van der Waals surface area contributed by atoms with Crippen molar-refractivity contribution in [1.82, 2.24) is 15.2 Å². The molecule has 0 bridgehead atoms. The van der Waals surface area contributed by atoms with Crippen molar-refractivity contribution in [1.29, 1.82) is 0 Å². The highest BCUT2D eigenvalue weighted by Gasteiger charge is 2.42. The summed E-state index contributed by atoms with van der Waals surface area (Å²) >= 11 is 0. The molecule has 9 nitrogen and oxygen atoms in total. The number of aromatic nitrogens is 1. The zero-order chi connectivity index (χ0) is 27.0. The highest BCUT2D eigenvalue weighted by atomic mass is 16.4. The largest absolute Gasteiger partial charge is 0.453 e. The van der Waals surface area contributed by atoms with Gasteiger partial charge in [-0.2, -0.15) is 0 Å². The van der Waals surface area contributed by atoms with E-state index in [1.165, 1.54) is 4.90 Å². The topological polar surface area (TPSA) is 117 Å². The lowest BCUT2D eigenvalue weighted by Gasteiger charge is -2.40. The van der Waals surface area contributed by atoms with Gasteiger partial charge < -0.3 is 25.3 Å². The number of anilines is 2. The van der Waals surface area contributed by atoms with E-state index in [1.54, 1.807) is 32.3 Å². The van der Waals surface area contributed by atoms with Gasteiger partial charge in [0.2, 0.25) is 11.7 Å². The summed E-state index contributed by atoms with van der Waals surface area (Å²) in [7, 11) is 0. The van der Waals surface area contributed by atoms with Gasteiger partial charge in [-0.15, -0.1) is 0 Å². The van der Waals surface area contributed by atoms with Gasteiger partial charge in [-0.05, 0) is 61.7 Å². The SMILES string of the molecule is Cc1ccc(NC(=O)Nc2cc(C(C)(C)C)oc2C(=O)N2CCNC(=O)C2(C)C)cc1-c1ccncc1. The molecule has 3 aromatic rings. The number of nitrogens with one attached hydrogen (secondary N) is 3. The van der Waals surface area contributed by atoms with Gasteiger partial charge in [0.1, 0.15) is 11.3 Å². The van der Waals surface area contributed by atoms with E-state index in [2.05, 4.69) is 20.9 Å². The van der Waals surface area contributed by atoms with Crippen molar-refractivity contribution >= 4 is 29.2 Å². The summed E-state index contributed by atoms with van der Waals surface area (Å²) in [5.41, 5.74) is 2.39. The van der Waals surface area contributed by atoms with E-state index in [1.807, 2.05) is 58.0 Å². The summed E-state index contributed by atoms with van der Waals surface area (Å²) in [5.74, 6) is -0.169. The molecule has 194 valence electrons. The molecule has 1 aliphatic heterocycles. The summed E-state index contributed by atoms with van der Waals surface area (Å²) in [4.78, 5) is 44.6. The summed E-state index contributed by atoms with van der Waals surface area (Å²) < 4.78 is 6.00. The zero-order valence-electron chi connectivity index (χ0n) is 22.1. The minimum atomic E-state index is -1.06. The van der Waals surface area contributed by atoms with Crippen molar-refractivity contribution < 1.29 is 18.8 Å². The molecule has 4 rings (SSSR count). The smallest absolute Gasteiger partial charge is 0.323 e. The van der Waals surface area contributed by atoms with Crippen LogP contribution in [0.1, 0.15) is 56.5 Å². The molecule has 3 heterocycles. The third-order valence-electron chi connectivity index (χ3n) is 6.50. The Hall–Kier alpha value is -4.14. The Kier molecular flexibility index (Phi) is 6.82. The third-order valence-corrected chi connectivity index (χ3v) is 6.50. The van der Waals surface area contributed by atoms with Crippen LogP contribution in [0.2, 0.25) is 0 Å². The van der Waals surface area contributed by atoms with Crippen LogP contribution in [-0.2, 0) is 10.2 Å². The van der Waals surface area contributed by atoms with Gasteiger partial charge in [-0.3, -0.25) is 14.6 Å². The van der Waals surface area contributed by atoms with Crippen molar-refractivity contribution in [2.75, 3.05) is 23.7 Å². The molecule has 1 aliphatic rings. The average molecular weight is 504 g/mol. The molecule has 37 heavy (non-hydrogen) atoms. The van der Waals surface area contributed by atoms with Gasteiger partial charge in [-0.1, -0.05) is 26.8 Å². The highest BCUT2D eigenvalue weighted by molar-refractivity contribution is 6.07. The number of nitrogens with zero attached hydrogens (tertiary/aromatic N) is 2. The molecular formula is C28H33N5O4. The van der Waals surface area contributed by atoms with Crippen LogP contribution >= 0.6 is 0 Å². The van der Waals surface area contributed by atoms with Gasteiger partial charge in [0.05, 0.1) is 5.69 Å². The lowest BCUT2D eigenvalue weighted by Crippen LogP contribution is -2.63. The van der Waals surface area contributed by atoms with Crippen molar-refractivity contribution in [2.24, 2.45) is 0 Å². The number of hydrogen-bond donors (Lipinski definition) is 3. The van der Waals surface area contributed by atoms with Crippen LogP contribution in [0.3, 0.4) is 0 Å². The number of pyridine rings is 1. The van der Waals surface area contributed by atoms with Crippen LogP contribution in [0, 0.1) is 6.92 Å². The molecule has 3 N–H and O–H groups in total. The molecule has 0 saturated carbocycles. The van der Waals surface area contributed by atoms with Gasteiger partial charge in [-0.25, -0.2) is 4.79 Å². The maximum absolute atomic E-state index is 13.6. The number of aryl methyl sites for hydroxylation is 1. The molecule has 0 aliphatic carbocycles. The number of amides is 4. The zero-order valence-corrected chi connectivity index (χ0v) is 22.1. The summed E-state index contributed by atoms with van der Waals surface area (Å²) in [6, 6.07) is 10.6. The lowest BCUT2D eigenvalue weighted by molar-refractivity contribution is -0.133. The Bertz CT molecular complexity index is 1340. The van der Waals surface area contributed by atoms with Crippen molar-refractivity contribution in [3.05, 3.63) is 65.9 Å². The Morgan fingerprint density at radius 3 is 2.46 bits per heavy atom. The van der Waals surface area contributed by atoms with Gasteiger partial charge >= 0.3 is 6.03 Å². The molecule has 1 saturated heterocycles. The lowest BCUT2D eigenvalue weighted by atomic mass is 9.93. The van der Waals surface area contributed by atoms with E-state index in [0.29, 0.717) is 24.5 Å². The van der Waals surface area contributed by atoms with E-state index in [0.717, 1.165) is 16.7 Å². The monoisotopic (exact) mass is 503 g/mol. The first-order valence-corrected chi connectivity index (χ1v) is 12.2. The number of hydrogen-bond acceptors (Lipinski definition) is 5. The van der Waals surface area contributed by atoms with Crippen molar-refractivity contribution in [2.45, 2.75) is 52.5 Å². The van der Waals surface area contributed by atoms with E-state index >= 15 is 0 Å². The second-order valence-corrected chi connectivity index (χ2v) is 10.7. The Morgan fingerprint density at radius 2 is 1.78 bits per heavy atom. The maximum atomic E-state index is 13.6. The molecule has 4 amide bonds. The molecule has 9 heteroatoms. The second-order valence-electron chi connectivity index (χ2n) is 10.7. The van der Waals surface area contributed by atoms with E-state index < -0.39 is 22.9 Å². The number of furan rings is 1. The van der Waals surface area contributed by atoms with Gasteiger partial charge in [0.25, 0.3) is 5.91 Å². The Labute approximate surface area is 216 Å². The standard InChI is InChI=1S/C28H33N5O4/c1-17-7-8-19(15-20(17)18-9-11-29-12-10-18)31-26(36)32-21-16-22(27(2,3)4)37-23(21)24(34)33-14-13-30-25(35)28(33,5)6/h7-12,15-16H,13-14H2,1-6H3,(H,30,35)(H2,31,32,36). The third kappa shape index (κ3) is 5.35. The summed E-state index contributed by atoms with van der Waals surface area (Å²) in [6.45, 7) is 11.9. The first-order chi connectivity index (χ1) is 17.4. The van der Waals surface area contributed by atoms with E-state index in [4.69, 9.17) is 4.42 Å². The number of carbonyl (C=O) groups excluding carboxylic acids is 3. The normalized spacial score (nSPS) is 15.2. The number of benzene rings is 1. The maximum Gasteiger partial charge on any atom is 0.323 e. The number of piperazine rings is 1. The minimum Gasteiger partial charge on any atom is -0.453 e. The van der Waals surface area contributed by atoms with Crippen LogP contribution in [0.5, 0.6) is 0 Å².